The molecule has 58 valence electrons. The first-order chi connectivity index (χ1) is 4.61. The molecule has 0 amide bonds. The Morgan fingerprint density at radius 2 is 1.50 bits per heavy atom. The van der Waals surface area contributed by atoms with Crippen LogP contribution in [0.25, 0.3) is 0 Å². The molecule has 0 aliphatic carbocycles. The Bertz CT molecular complexity index is 128. The van der Waals surface area contributed by atoms with Gasteiger partial charge in [0.15, 0.2) is 0 Å². The van der Waals surface area contributed by atoms with Crippen LogP contribution in [0.3, 0.4) is 0 Å². The van der Waals surface area contributed by atoms with Gasteiger partial charge in [0.25, 0.3) is 5.95 Å². The zero-order valence-corrected chi connectivity index (χ0v) is 6.76. The van der Waals surface area contributed by atoms with E-state index in [4.69, 9.17) is 9.47 Å². The Balaban J connectivity index is 2.57. The lowest BCUT2D eigenvalue weighted by atomic mass is 10.00. The SMILES string of the molecule is C=C1OC(C)C(C)C(C)O1. The molecule has 1 saturated heterocycles. The van der Waals surface area contributed by atoms with E-state index in [1.54, 1.807) is 0 Å². The van der Waals surface area contributed by atoms with E-state index in [1.165, 1.54) is 0 Å². The second-order valence-electron chi connectivity index (χ2n) is 2.88. The molecule has 1 aliphatic rings. The Morgan fingerprint density at radius 3 is 1.90 bits per heavy atom. The quantitative estimate of drug-likeness (QED) is 0.514. The van der Waals surface area contributed by atoms with Crippen LogP contribution in [0.5, 0.6) is 0 Å². The van der Waals surface area contributed by atoms with Gasteiger partial charge in [-0.3, -0.25) is 0 Å². The number of hydrogen-bond acceptors (Lipinski definition) is 2. The average Bonchev–Trinajstić information content (AvgIpc) is 1.82. The van der Waals surface area contributed by atoms with Crippen LogP contribution in [0.4, 0.5) is 0 Å². The maximum atomic E-state index is 5.25. The van der Waals surface area contributed by atoms with Crippen molar-refractivity contribution in [2.75, 3.05) is 0 Å². The summed E-state index contributed by atoms with van der Waals surface area (Å²) in [6.07, 6.45) is 0.465. The Hall–Kier alpha value is -0.660. The maximum absolute atomic E-state index is 5.25. The van der Waals surface area contributed by atoms with Crippen molar-refractivity contribution in [3.8, 4) is 0 Å². The number of hydrogen-bond donors (Lipinski definition) is 0. The highest BCUT2D eigenvalue weighted by Crippen LogP contribution is 2.24. The molecule has 2 atom stereocenters. The van der Waals surface area contributed by atoms with E-state index in [9.17, 15) is 0 Å². The molecule has 0 aromatic carbocycles. The van der Waals surface area contributed by atoms with Crippen LogP contribution in [0.15, 0.2) is 12.5 Å². The van der Waals surface area contributed by atoms with Crippen molar-refractivity contribution in [3.63, 3.8) is 0 Å². The molecule has 0 aromatic heterocycles. The van der Waals surface area contributed by atoms with Crippen molar-refractivity contribution in [2.45, 2.75) is 33.0 Å². The predicted molar refractivity (Wildman–Crippen MR) is 39.4 cm³/mol. The Kier molecular flexibility index (Phi) is 1.88. The molecular formula is C8H14O2. The summed E-state index contributed by atoms with van der Waals surface area (Å²) in [4.78, 5) is 0. The van der Waals surface area contributed by atoms with Crippen molar-refractivity contribution < 1.29 is 9.47 Å². The van der Waals surface area contributed by atoms with E-state index in [0.717, 1.165) is 0 Å². The predicted octanol–water partition coefficient (Wildman–Crippen LogP) is 1.92. The highest BCUT2D eigenvalue weighted by Gasteiger charge is 2.27. The van der Waals surface area contributed by atoms with Gasteiger partial charge in [-0.1, -0.05) is 6.92 Å². The Labute approximate surface area is 61.8 Å². The summed E-state index contributed by atoms with van der Waals surface area (Å²) in [5.41, 5.74) is 0. The summed E-state index contributed by atoms with van der Waals surface area (Å²) >= 11 is 0. The molecule has 1 heterocycles. The Morgan fingerprint density at radius 1 is 1.10 bits per heavy atom. The first-order valence-corrected chi connectivity index (χ1v) is 3.63. The molecular weight excluding hydrogens is 128 g/mol. The zero-order chi connectivity index (χ0) is 7.72. The topological polar surface area (TPSA) is 18.5 Å². The summed E-state index contributed by atoms with van der Waals surface area (Å²) < 4.78 is 10.5. The van der Waals surface area contributed by atoms with E-state index in [2.05, 4.69) is 13.5 Å². The smallest absolute Gasteiger partial charge is 0.272 e. The van der Waals surface area contributed by atoms with Gasteiger partial charge < -0.3 is 9.47 Å². The molecule has 10 heavy (non-hydrogen) atoms. The van der Waals surface area contributed by atoms with Gasteiger partial charge in [-0.2, -0.15) is 0 Å². The third-order valence-electron chi connectivity index (χ3n) is 2.12. The third kappa shape index (κ3) is 1.25. The van der Waals surface area contributed by atoms with Crippen molar-refractivity contribution in [3.05, 3.63) is 12.5 Å². The third-order valence-corrected chi connectivity index (χ3v) is 2.12. The van der Waals surface area contributed by atoms with Gasteiger partial charge in [-0.05, 0) is 20.4 Å². The van der Waals surface area contributed by atoms with Gasteiger partial charge in [0.1, 0.15) is 12.2 Å². The second-order valence-corrected chi connectivity index (χ2v) is 2.88. The lowest BCUT2D eigenvalue weighted by molar-refractivity contribution is -0.126. The molecule has 0 aromatic rings. The second kappa shape index (κ2) is 2.52. The first kappa shape index (κ1) is 7.45. The van der Waals surface area contributed by atoms with Gasteiger partial charge >= 0.3 is 0 Å². The maximum Gasteiger partial charge on any atom is 0.272 e. The van der Waals surface area contributed by atoms with E-state index in [0.29, 0.717) is 11.9 Å². The minimum Gasteiger partial charge on any atom is -0.462 e. The van der Waals surface area contributed by atoms with Crippen LogP contribution in [-0.2, 0) is 9.47 Å². The first-order valence-electron chi connectivity index (χ1n) is 3.63. The van der Waals surface area contributed by atoms with Crippen molar-refractivity contribution in [1.82, 2.24) is 0 Å². The van der Waals surface area contributed by atoms with Gasteiger partial charge in [0.05, 0.1) is 0 Å². The normalized spacial score (nSPS) is 40.3. The molecule has 0 N–H and O–H groups in total. The van der Waals surface area contributed by atoms with E-state index in [1.807, 2.05) is 13.8 Å². The van der Waals surface area contributed by atoms with E-state index < -0.39 is 0 Å². The molecule has 0 spiro atoms. The summed E-state index contributed by atoms with van der Waals surface area (Å²) in [7, 11) is 0. The van der Waals surface area contributed by atoms with Crippen LogP contribution in [0.2, 0.25) is 0 Å². The van der Waals surface area contributed by atoms with Crippen LogP contribution >= 0.6 is 0 Å². The van der Waals surface area contributed by atoms with Crippen LogP contribution < -0.4 is 0 Å². The minimum atomic E-state index is 0.233. The van der Waals surface area contributed by atoms with Crippen LogP contribution in [0, 0.1) is 5.92 Å². The summed E-state index contributed by atoms with van der Waals surface area (Å²) in [5, 5.41) is 0. The zero-order valence-electron chi connectivity index (χ0n) is 6.76. The molecule has 0 saturated carbocycles. The standard InChI is InChI=1S/C8H14O2/c1-5-6(2)9-8(4)10-7(5)3/h5-7H,4H2,1-3H3. The van der Waals surface area contributed by atoms with Crippen LogP contribution in [-0.4, -0.2) is 12.2 Å². The summed E-state index contributed by atoms with van der Waals surface area (Å²) in [5.74, 6) is 0.906. The molecule has 1 aliphatic heterocycles. The summed E-state index contributed by atoms with van der Waals surface area (Å²) in [6.45, 7) is 9.79. The summed E-state index contributed by atoms with van der Waals surface area (Å²) in [6, 6.07) is 0. The fourth-order valence-electron chi connectivity index (χ4n) is 1.04. The van der Waals surface area contributed by atoms with Gasteiger partial charge in [-0.25, -0.2) is 0 Å². The van der Waals surface area contributed by atoms with E-state index >= 15 is 0 Å². The molecule has 2 unspecified atom stereocenters. The number of ether oxygens (including phenoxy) is 2. The van der Waals surface area contributed by atoms with Crippen molar-refractivity contribution in [2.24, 2.45) is 5.92 Å². The fraction of sp³-hybridized carbons (Fsp3) is 0.750. The highest BCUT2D eigenvalue weighted by molar-refractivity contribution is 4.83. The number of rotatable bonds is 0. The lowest BCUT2D eigenvalue weighted by Crippen LogP contribution is -2.34. The van der Waals surface area contributed by atoms with Crippen molar-refractivity contribution in [1.29, 1.82) is 0 Å². The van der Waals surface area contributed by atoms with E-state index in [-0.39, 0.29) is 12.2 Å². The molecule has 1 rings (SSSR count). The van der Waals surface area contributed by atoms with Crippen LogP contribution in [0.1, 0.15) is 20.8 Å². The lowest BCUT2D eigenvalue weighted by Gasteiger charge is -2.33. The van der Waals surface area contributed by atoms with Gasteiger partial charge in [-0.15, -0.1) is 0 Å². The minimum absolute atomic E-state index is 0.233. The molecule has 2 heteroatoms. The van der Waals surface area contributed by atoms with Gasteiger partial charge in [0.2, 0.25) is 0 Å². The fourth-order valence-corrected chi connectivity index (χ4v) is 1.04. The van der Waals surface area contributed by atoms with Crippen molar-refractivity contribution >= 4 is 0 Å². The molecule has 1 fully saturated rings. The molecule has 2 nitrogen and oxygen atoms in total. The molecule has 0 bridgehead atoms. The highest BCUT2D eigenvalue weighted by atomic mass is 16.7. The molecule has 0 radical (unpaired) electrons. The average molecular weight is 142 g/mol. The monoisotopic (exact) mass is 142 g/mol. The van der Waals surface area contributed by atoms with Gasteiger partial charge in [0, 0.05) is 5.92 Å². The largest absolute Gasteiger partial charge is 0.462 e.